The third-order valence-corrected chi connectivity index (χ3v) is 4.52. The van der Waals surface area contributed by atoms with Gasteiger partial charge in [-0.2, -0.15) is 0 Å². The molecule has 0 aromatic heterocycles. The maximum absolute atomic E-state index is 13.4. The number of ether oxygens (including phenoxy) is 1. The van der Waals surface area contributed by atoms with Gasteiger partial charge in [-0.05, 0) is 45.4 Å². The van der Waals surface area contributed by atoms with Gasteiger partial charge in [0.15, 0.2) is 0 Å². The van der Waals surface area contributed by atoms with Gasteiger partial charge in [-0.15, -0.1) is 0 Å². The number of amides is 2. The number of rotatable bonds is 1. The number of carbonyl (C=O) groups excluding carboxylic acids is 2. The van der Waals surface area contributed by atoms with E-state index in [0.29, 0.717) is 13.1 Å². The van der Waals surface area contributed by atoms with E-state index in [-0.39, 0.29) is 23.8 Å². The second-order valence-electron chi connectivity index (χ2n) is 9.26. The van der Waals surface area contributed by atoms with Crippen molar-refractivity contribution >= 4 is 12.0 Å². The molecule has 1 saturated heterocycles. The van der Waals surface area contributed by atoms with E-state index in [1.165, 1.54) is 12.1 Å². The standard InChI is InChI=1S/C21H31FN2O3/c1-14-12-24(19(26)27-21(5,6)7)17(15-8-10-16(22)11-9-15)13-23(14)18(25)20(2,3)4/h8-11,14,17H,12-13H2,1-7H3/t14-,17+/m0/s1. The molecule has 5 nitrogen and oxygen atoms in total. The Balaban J connectivity index is 2.37. The smallest absolute Gasteiger partial charge is 0.410 e. The third kappa shape index (κ3) is 5.21. The van der Waals surface area contributed by atoms with Crippen molar-refractivity contribution < 1.29 is 18.7 Å². The average Bonchev–Trinajstić information content (AvgIpc) is 2.52. The van der Waals surface area contributed by atoms with Crippen molar-refractivity contribution in [1.82, 2.24) is 9.80 Å². The van der Waals surface area contributed by atoms with Crippen LogP contribution in [0.2, 0.25) is 0 Å². The molecule has 6 heteroatoms. The fourth-order valence-electron chi connectivity index (χ4n) is 3.18. The normalized spacial score (nSPS) is 21.2. The van der Waals surface area contributed by atoms with E-state index in [4.69, 9.17) is 4.74 Å². The lowest BCUT2D eigenvalue weighted by Crippen LogP contribution is -2.59. The van der Waals surface area contributed by atoms with Crippen LogP contribution >= 0.6 is 0 Å². The van der Waals surface area contributed by atoms with Gasteiger partial charge in [0.1, 0.15) is 11.4 Å². The molecule has 0 saturated carbocycles. The predicted molar refractivity (Wildman–Crippen MR) is 103 cm³/mol. The van der Waals surface area contributed by atoms with Crippen molar-refractivity contribution in [2.24, 2.45) is 5.41 Å². The number of hydrogen-bond donors (Lipinski definition) is 0. The Bertz CT molecular complexity index is 689. The summed E-state index contributed by atoms with van der Waals surface area (Å²) in [7, 11) is 0. The zero-order valence-electron chi connectivity index (χ0n) is 17.4. The van der Waals surface area contributed by atoms with Crippen molar-refractivity contribution in [3.8, 4) is 0 Å². The van der Waals surface area contributed by atoms with Gasteiger partial charge in [0.2, 0.25) is 5.91 Å². The lowest BCUT2D eigenvalue weighted by Gasteiger charge is -2.47. The Kier molecular flexibility index (Phi) is 5.88. The molecule has 1 aromatic rings. The molecule has 0 N–H and O–H groups in total. The van der Waals surface area contributed by atoms with Crippen molar-refractivity contribution in [2.45, 2.75) is 66.2 Å². The second-order valence-corrected chi connectivity index (χ2v) is 9.26. The lowest BCUT2D eigenvalue weighted by atomic mass is 9.91. The Hall–Kier alpha value is -2.11. The van der Waals surface area contributed by atoms with E-state index in [2.05, 4.69) is 0 Å². The van der Waals surface area contributed by atoms with Crippen LogP contribution in [-0.4, -0.2) is 46.5 Å². The maximum atomic E-state index is 13.4. The molecule has 150 valence electrons. The summed E-state index contributed by atoms with van der Waals surface area (Å²) in [5.74, 6) is -0.305. The van der Waals surface area contributed by atoms with Crippen LogP contribution < -0.4 is 0 Å². The first kappa shape index (κ1) is 21.2. The van der Waals surface area contributed by atoms with Crippen molar-refractivity contribution in [2.75, 3.05) is 13.1 Å². The van der Waals surface area contributed by atoms with Gasteiger partial charge in [-0.3, -0.25) is 9.69 Å². The number of carbonyl (C=O) groups is 2. The first-order chi connectivity index (χ1) is 12.3. The molecule has 1 aliphatic rings. The number of nitrogens with zero attached hydrogens (tertiary/aromatic N) is 2. The molecule has 0 bridgehead atoms. The zero-order chi connectivity index (χ0) is 20.6. The van der Waals surface area contributed by atoms with Crippen LogP contribution in [0.4, 0.5) is 9.18 Å². The first-order valence-electron chi connectivity index (χ1n) is 9.36. The molecule has 1 fully saturated rings. The highest BCUT2D eigenvalue weighted by Crippen LogP contribution is 2.32. The fraction of sp³-hybridized carbons (Fsp3) is 0.619. The quantitative estimate of drug-likeness (QED) is 0.729. The molecule has 2 amide bonds. The summed E-state index contributed by atoms with van der Waals surface area (Å²) >= 11 is 0. The SMILES string of the molecule is C[C@H]1CN(C(=O)OC(C)(C)C)[C@@H](c2ccc(F)cc2)CN1C(=O)C(C)(C)C. The van der Waals surface area contributed by atoms with Crippen LogP contribution in [0.25, 0.3) is 0 Å². The minimum atomic E-state index is -0.619. The molecule has 1 aliphatic heterocycles. The lowest BCUT2D eigenvalue weighted by molar-refractivity contribution is -0.145. The summed E-state index contributed by atoms with van der Waals surface area (Å²) in [4.78, 5) is 29.2. The van der Waals surface area contributed by atoms with E-state index >= 15 is 0 Å². The van der Waals surface area contributed by atoms with E-state index in [9.17, 15) is 14.0 Å². The minimum absolute atomic E-state index is 0.0333. The van der Waals surface area contributed by atoms with Crippen LogP contribution in [0.5, 0.6) is 0 Å². The maximum Gasteiger partial charge on any atom is 0.410 e. The number of piperazine rings is 1. The minimum Gasteiger partial charge on any atom is -0.444 e. The summed E-state index contributed by atoms with van der Waals surface area (Å²) in [5, 5.41) is 0. The molecule has 27 heavy (non-hydrogen) atoms. The number of benzene rings is 1. The predicted octanol–water partition coefficient (Wildman–Crippen LogP) is 4.38. The van der Waals surface area contributed by atoms with E-state index in [1.54, 1.807) is 17.0 Å². The van der Waals surface area contributed by atoms with E-state index < -0.39 is 17.1 Å². The molecule has 1 aromatic carbocycles. The second kappa shape index (κ2) is 7.49. The van der Waals surface area contributed by atoms with Crippen LogP contribution in [-0.2, 0) is 9.53 Å². The first-order valence-corrected chi connectivity index (χ1v) is 9.36. The van der Waals surface area contributed by atoms with Gasteiger partial charge in [-0.25, -0.2) is 9.18 Å². The number of hydrogen-bond acceptors (Lipinski definition) is 3. The Labute approximate surface area is 161 Å². The molecule has 0 aliphatic carbocycles. The number of halogens is 1. The zero-order valence-corrected chi connectivity index (χ0v) is 17.4. The molecule has 2 rings (SSSR count). The van der Waals surface area contributed by atoms with E-state index in [1.807, 2.05) is 53.4 Å². The summed E-state index contributed by atoms with van der Waals surface area (Å²) in [6, 6.07) is 5.54. The average molecular weight is 378 g/mol. The fourth-order valence-corrected chi connectivity index (χ4v) is 3.18. The molecule has 2 atom stereocenters. The topological polar surface area (TPSA) is 49.9 Å². The summed E-state index contributed by atoms with van der Waals surface area (Å²) in [6.45, 7) is 13.8. The van der Waals surface area contributed by atoms with Gasteiger partial charge >= 0.3 is 6.09 Å². The summed E-state index contributed by atoms with van der Waals surface area (Å²) in [6.07, 6.45) is -0.425. The Morgan fingerprint density at radius 3 is 2.04 bits per heavy atom. The highest BCUT2D eigenvalue weighted by molar-refractivity contribution is 5.82. The van der Waals surface area contributed by atoms with Crippen LogP contribution in [0.15, 0.2) is 24.3 Å². The third-order valence-electron chi connectivity index (χ3n) is 4.52. The monoisotopic (exact) mass is 378 g/mol. The van der Waals surface area contributed by atoms with Gasteiger partial charge < -0.3 is 9.64 Å². The van der Waals surface area contributed by atoms with Crippen molar-refractivity contribution in [3.63, 3.8) is 0 Å². The molecule has 1 heterocycles. The Morgan fingerprint density at radius 1 is 1.00 bits per heavy atom. The van der Waals surface area contributed by atoms with Gasteiger partial charge in [0, 0.05) is 24.5 Å². The molecule has 0 unspecified atom stereocenters. The van der Waals surface area contributed by atoms with Gasteiger partial charge in [0.05, 0.1) is 6.04 Å². The van der Waals surface area contributed by atoms with Crippen LogP contribution in [0.3, 0.4) is 0 Å². The Morgan fingerprint density at radius 2 is 1.56 bits per heavy atom. The van der Waals surface area contributed by atoms with Crippen LogP contribution in [0.1, 0.15) is 60.1 Å². The van der Waals surface area contributed by atoms with Crippen molar-refractivity contribution in [3.05, 3.63) is 35.6 Å². The van der Waals surface area contributed by atoms with Crippen LogP contribution in [0, 0.1) is 11.2 Å². The molecule has 0 spiro atoms. The summed E-state index contributed by atoms with van der Waals surface area (Å²) in [5.41, 5.74) is -0.359. The van der Waals surface area contributed by atoms with E-state index in [0.717, 1.165) is 5.56 Å². The summed E-state index contributed by atoms with van der Waals surface area (Å²) < 4.78 is 19.0. The van der Waals surface area contributed by atoms with Gasteiger partial charge in [-0.1, -0.05) is 32.9 Å². The molecule has 0 radical (unpaired) electrons. The highest BCUT2D eigenvalue weighted by Gasteiger charge is 2.41. The molecular weight excluding hydrogens is 347 g/mol. The van der Waals surface area contributed by atoms with Crippen molar-refractivity contribution in [1.29, 1.82) is 0 Å². The molecular formula is C21H31FN2O3. The highest BCUT2D eigenvalue weighted by atomic mass is 19.1. The largest absolute Gasteiger partial charge is 0.444 e. The van der Waals surface area contributed by atoms with Gasteiger partial charge in [0.25, 0.3) is 0 Å².